The molecular formula is C10H12Cl2N2O3. The topological polar surface area (TPSA) is 72.3 Å². The van der Waals surface area contributed by atoms with E-state index in [9.17, 15) is 9.90 Å². The first-order valence-electron chi connectivity index (χ1n) is 4.99. The zero-order valence-electron chi connectivity index (χ0n) is 9.41. The van der Waals surface area contributed by atoms with Gasteiger partial charge in [-0.25, -0.2) is 4.79 Å². The third-order valence-corrected chi connectivity index (χ3v) is 2.86. The number of hydrogen-bond donors (Lipinski definition) is 1. The fourth-order valence-corrected chi connectivity index (χ4v) is 1.66. The summed E-state index contributed by atoms with van der Waals surface area (Å²) in [6.07, 6.45) is -1.29. The van der Waals surface area contributed by atoms with Crippen LogP contribution in [-0.2, 0) is 16.0 Å². The van der Waals surface area contributed by atoms with Crippen LogP contribution in [0, 0.1) is 6.92 Å². The molecule has 1 rings (SSSR count). The summed E-state index contributed by atoms with van der Waals surface area (Å²) in [6.45, 7) is 3.56. The number of esters is 1. The zero-order chi connectivity index (χ0) is 13.0. The quantitative estimate of drug-likeness (QED) is 0.847. The maximum atomic E-state index is 11.3. The molecule has 0 fully saturated rings. The summed E-state index contributed by atoms with van der Waals surface area (Å²) in [7, 11) is 0. The van der Waals surface area contributed by atoms with E-state index < -0.39 is 12.1 Å². The summed E-state index contributed by atoms with van der Waals surface area (Å²) >= 11 is 11.6. The Morgan fingerprint density at radius 3 is 2.59 bits per heavy atom. The molecule has 0 bridgehead atoms. The summed E-state index contributed by atoms with van der Waals surface area (Å²) in [5.74, 6) is -0.698. The predicted octanol–water partition coefficient (Wildman–Crippen LogP) is 1.56. The van der Waals surface area contributed by atoms with Gasteiger partial charge < -0.3 is 9.84 Å². The van der Waals surface area contributed by atoms with Gasteiger partial charge in [0.25, 0.3) is 0 Å². The smallest absolute Gasteiger partial charge is 0.335 e. The van der Waals surface area contributed by atoms with E-state index in [1.807, 2.05) is 0 Å². The first-order valence-corrected chi connectivity index (χ1v) is 5.74. The van der Waals surface area contributed by atoms with Crippen molar-refractivity contribution in [2.24, 2.45) is 0 Å². The lowest BCUT2D eigenvalue weighted by atomic mass is 10.1. The van der Waals surface area contributed by atoms with Crippen LogP contribution in [0.1, 0.15) is 18.1 Å². The Labute approximate surface area is 109 Å². The highest BCUT2D eigenvalue weighted by molar-refractivity contribution is 6.32. The molecular weight excluding hydrogens is 267 g/mol. The van der Waals surface area contributed by atoms with Crippen molar-refractivity contribution in [2.75, 3.05) is 6.61 Å². The van der Waals surface area contributed by atoms with Gasteiger partial charge >= 0.3 is 5.97 Å². The lowest BCUT2D eigenvalue weighted by molar-refractivity contribution is -0.152. The van der Waals surface area contributed by atoms with Crippen molar-refractivity contribution in [3.63, 3.8) is 0 Å². The van der Waals surface area contributed by atoms with Gasteiger partial charge in [0.05, 0.1) is 6.61 Å². The molecule has 0 aliphatic rings. The van der Waals surface area contributed by atoms with Crippen LogP contribution in [0.4, 0.5) is 0 Å². The first-order chi connectivity index (χ1) is 7.97. The molecule has 0 aliphatic heterocycles. The third-order valence-electron chi connectivity index (χ3n) is 2.19. The third kappa shape index (κ3) is 3.52. The average molecular weight is 279 g/mol. The first kappa shape index (κ1) is 14.2. The molecule has 0 saturated carbocycles. The molecule has 1 heterocycles. The van der Waals surface area contributed by atoms with Gasteiger partial charge in [0.15, 0.2) is 16.4 Å². The molecule has 0 aromatic carbocycles. The fourth-order valence-electron chi connectivity index (χ4n) is 1.25. The van der Waals surface area contributed by atoms with Gasteiger partial charge in [0.2, 0.25) is 0 Å². The number of carbonyl (C=O) groups is 1. The van der Waals surface area contributed by atoms with Crippen LogP contribution in [0.25, 0.3) is 0 Å². The van der Waals surface area contributed by atoms with E-state index in [-0.39, 0.29) is 23.3 Å². The molecule has 1 atom stereocenters. The number of carbonyl (C=O) groups excluding carboxylic acids is 1. The number of aliphatic hydroxyl groups excluding tert-OH is 1. The van der Waals surface area contributed by atoms with E-state index in [0.717, 1.165) is 0 Å². The van der Waals surface area contributed by atoms with Crippen molar-refractivity contribution < 1.29 is 14.6 Å². The van der Waals surface area contributed by atoms with E-state index in [1.165, 1.54) is 0 Å². The lowest BCUT2D eigenvalue weighted by Gasteiger charge is -2.12. The van der Waals surface area contributed by atoms with Crippen LogP contribution in [0.2, 0.25) is 10.3 Å². The van der Waals surface area contributed by atoms with Gasteiger partial charge in [0.1, 0.15) is 0 Å². The van der Waals surface area contributed by atoms with Crippen molar-refractivity contribution in [1.82, 2.24) is 10.2 Å². The molecule has 1 aromatic heterocycles. The van der Waals surface area contributed by atoms with Gasteiger partial charge in [-0.2, -0.15) is 0 Å². The Kier molecular flexibility index (Phi) is 5.11. The monoisotopic (exact) mass is 278 g/mol. The van der Waals surface area contributed by atoms with Gasteiger partial charge in [-0.15, -0.1) is 10.2 Å². The van der Waals surface area contributed by atoms with Crippen molar-refractivity contribution in [1.29, 1.82) is 0 Å². The summed E-state index contributed by atoms with van der Waals surface area (Å²) in [5, 5.41) is 17.2. The second-order valence-corrected chi connectivity index (χ2v) is 4.07. The lowest BCUT2D eigenvalue weighted by Crippen LogP contribution is -2.26. The summed E-state index contributed by atoms with van der Waals surface area (Å²) in [5.41, 5.74) is 1.09. The molecule has 0 radical (unpaired) electrons. The van der Waals surface area contributed by atoms with Gasteiger partial charge in [-0.1, -0.05) is 23.2 Å². The second kappa shape index (κ2) is 6.14. The molecule has 1 aromatic rings. The van der Waals surface area contributed by atoms with Crippen LogP contribution < -0.4 is 0 Å². The molecule has 5 nitrogen and oxygen atoms in total. The average Bonchev–Trinajstić information content (AvgIpc) is 2.29. The Bertz CT molecular complexity index is 426. The van der Waals surface area contributed by atoms with Crippen LogP contribution in [-0.4, -0.2) is 34.0 Å². The number of halogens is 2. The SMILES string of the molecule is CCOC(=O)C(O)Cc1c(Cl)nnc(Cl)c1C. The number of hydrogen-bond acceptors (Lipinski definition) is 5. The van der Waals surface area contributed by atoms with Crippen LogP contribution >= 0.6 is 23.2 Å². The Hall–Kier alpha value is -0.910. The molecule has 0 spiro atoms. The fraction of sp³-hybridized carbons (Fsp3) is 0.500. The highest BCUT2D eigenvalue weighted by Gasteiger charge is 2.21. The number of rotatable bonds is 4. The zero-order valence-corrected chi connectivity index (χ0v) is 10.9. The number of ether oxygens (including phenoxy) is 1. The Morgan fingerprint density at radius 2 is 2.00 bits per heavy atom. The number of nitrogens with zero attached hydrogens (tertiary/aromatic N) is 2. The molecule has 0 amide bonds. The molecule has 17 heavy (non-hydrogen) atoms. The van der Waals surface area contributed by atoms with Gasteiger partial charge in [-0.3, -0.25) is 0 Å². The van der Waals surface area contributed by atoms with E-state index >= 15 is 0 Å². The Morgan fingerprint density at radius 1 is 1.41 bits per heavy atom. The minimum atomic E-state index is -1.29. The van der Waals surface area contributed by atoms with Crippen LogP contribution in [0.3, 0.4) is 0 Å². The second-order valence-electron chi connectivity index (χ2n) is 3.36. The number of aliphatic hydroxyl groups is 1. The normalized spacial score (nSPS) is 12.3. The van der Waals surface area contributed by atoms with Gasteiger partial charge in [-0.05, 0) is 19.4 Å². The minimum absolute atomic E-state index is 0.00125. The minimum Gasteiger partial charge on any atom is -0.464 e. The van der Waals surface area contributed by atoms with E-state index in [2.05, 4.69) is 14.9 Å². The largest absolute Gasteiger partial charge is 0.464 e. The predicted molar refractivity (Wildman–Crippen MR) is 63.1 cm³/mol. The van der Waals surface area contributed by atoms with Crippen LogP contribution in [0.15, 0.2) is 0 Å². The van der Waals surface area contributed by atoms with Crippen molar-refractivity contribution in [3.05, 3.63) is 21.4 Å². The van der Waals surface area contributed by atoms with Crippen molar-refractivity contribution in [3.8, 4) is 0 Å². The van der Waals surface area contributed by atoms with Crippen LogP contribution in [0.5, 0.6) is 0 Å². The summed E-state index contributed by atoms with van der Waals surface area (Å²) < 4.78 is 4.68. The standard InChI is InChI=1S/C10H12Cl2N2O3/c1-3-17-10(16)7(15)4-6-5(2)8(11)13-14-9(6)12/h7,15H,3-4H2,1-2H3. The molecule has 1 N–H and O–H groups in total. The highest BCUT2D eigenvalue weighted by atomic mass is 35.5. The molecule has 0 aliphatic carbocycles. The Balaban J connectivity index is 2.88. The van der Waals surface area contributed by atoms with Crippen molar-refractivity contribution >= 4 is 29.2 Å². The molecule has 0 saturated heterocycles. The number of aromatic nitrogens is 2. The van der Waals surface area contributed by atoms with Gasteiger partial charge in [0, 0.05) is 12.0 Å². The summed E-state index contributed by atoms with van der Waals surface area (Å²) in [4.78, 5) is 11.3. The maximum Gasteiger partial charge on any atom is 0.335 e. The highest BCUT2D eigenvalue weighted by Crippen LogP contribution is 2.23. The molecule has 94 valence electrons. The molecule has 7 heteroatoms. The van der Waals surface area contributed by atoms with Crippen molar-refractivity contribution in [2.45, 2.75) is 26.4 Å². The van der Waals surface area contributed by atoms with E-state index in [0.29, 0.717) is 11.1 Å². The van der Waals surface area contributed by atoms with E-state index in [4.69, 9.17) is 23.2 Å². The van der Waals surface area contributed by atoms with E-state index in [1.54, 1.807) is 13.8 Å². The molecule has 1 unspecified atom stereocenters. The summed E-state index contributed by atoms with van der Waals surface area (Å²) in [6, 6.07) is 0. The maximum absolute atomic E-state index is 11.3.